The molecule has 0 aromatic heterocycles. The maximum absolute atomic E-state index is 11.7. The molecular weight excluding hydrogens is 488 g/mol. The first kappa shape index (κ1) is 28.1. The number of aliphatic hydroxyl groups is 1. The van der Waals surface area contributed by atoms with Crippen LogP contribution in [0.1, 0.15) is 89.9 Å². The molecule has 39 heavy (non-hydrogen) atoms. The van der Waals surface area contributed by atoms with E-state index in [1.165, 1.54) is 5.70 Å². The lowest BCUT2D eigenvalue weighted by molar-refractivity contribution is -0.0968. The quantitative estimate of drug-likeness (QED) is 0.263. The van der Waals surface area contributed by atoms with Gasteiger partial charge in [0.15, 0.2) is 0 Å². The number of allylic oxidation sites excluding steroid dienone is 11. The molecule has 0 saturated heterocycles. The zero-order chi connectivity index (χ0) is 27.0. The van der Waals surface area contributed by atoms with Crippen molar-refractivity contribution in [3.63, 3.8) is 0 Å². The summed E-state index contributed by atoms with van der Waals surface area (Å²) in [5.41, 5.74) is 15.4. The molecule has 0 radical (unpaired) electrons. The molecule has 5 rings (SSSR count). The summed E-state index contributed by atoms with van der Waals surface area (Å²) in [5.74, 6) is 1.42. The van der Waals surface area contributed by atoms with Crippen molar-refractivity contribution < 1.29 is 14.6 Å². The SMILES string of the molecule is NC1=CC=C(OC2=CCCC(OC3CCC(N)CC3)C2C(O)NC2=CCCC(NC3=CC=CCC3)CC2)CC1. The lowest BCUT2D eigenvalue weighted by Gasteiger charge is -2.39. The van der Waals surface area contributed by atoms with E-state index in [4.69, 9.17) is 20.9 Å². The first-order valence-electron chi connectivity index (χ1n) is 15.2. The molecule has 0 aromatic carbocycles. The normalized spacial score (nSPS) is 32.5. The minimum absolute atomic E-state index is 0.108. The van der Waals surface area contributed by atoms with Crippen LogP contribution in [0, 0.1) is 5.92 Å². The van der Waals surface area contributed by atoms with Crippen LogP contribution in [-0.4, -0.2) is 35.6 Å². The summed E-state index contributed by atoms with van der Waals surface area (Å²) < 4.78 is 13.1. The molecule has 0 amide bonds. The van der Waals surface area contributed by atoms with Gasteiger partial charge in [0.25, 0.3) is 0 Å². The second-order valence-corrected chi connectivity index (χ2v) is 11.8. The highest BCUT2D eigenvalue weighted by Crippen LogP contribution is 2.36. The molecule has 7 heteroatoms. The Bertz CT molecular complexity index is 1020. The predicted octanol–water partition coefficient (Wildman–Crippen LogP) is 5.03. The molecule has 0 heterocycles. The van der Waals surface area contributed by atoms with E-state index in [1.807, 2.05) is 12.2 Å². The van der Waals surface area contributed by atoms with Gasteiger partial charge in [-0.3, -0.25) is 0 Å². The molecule has 0 aliphatic heterocycles. The van der Waals surface area contributed by atoms with E-state index >= 15 is 0 Å². The smallest absolute Gasteiger partial charge is 0.136 e. The summed E-state index contributed by atoms with van der Waals surface area (Å²) >= 11 is 0. The number of nitrogens with one attached hydrogen (secondary N) is 2. The number of aliphatic hydroxyl groups excluding tert-OH is 1. The molecular formula is C32H48N4O3. The van der Waals surface area contributed by atoms with Gasteiger partial charge in [-0.1, -0.05) is 18.2 Å². The van der Waals surface area contributed by atoms with Crippen molar-refractivity contribution in [2.45, 2.75) is 120 Å². The lowest BCUT2D eigenvalue weighted by atomic mass is 9.87. The van der Waals surface area contributed by atoms with Gasteiger partial charge in [0.2, 0.25) is 0 Å². The van der Waals surface area contributed by atoms with Crippen molar-refractivity contribution in [2.75, 3.05) is 0 Å². The molecule has 1 saturated carbocycles. The van der Waals surface area contributed by atoms with Gasteiger partial charge in [0.05, 0.1) is 18.1 Å². The fraction of sp³-hybridized carbons (Fsp3) is 0.625. The van der Waals surface area contributed by atoms with Gasteiger partial charge >= 0.3 is 0 Å². The molecule has 7 N–H and O–H groups in total. The molecule has 214 valence electrons. The molecule has 0 bridgehead atoms. The van der Waals surface area contributed by atoms with Crippen LogP contribution in [0.2, 0.25) is 0 Å². The predicted molar refractivity (Wildman–Crippen MR) is 156 cm³/mol. The molecule has 0 aromatic rings. The lowest BCUT2D eigenvalue weighted by Crippen LogP contribution is -2.46. The number of ether oxygens (including phenoxy) is 2. The third kappa shape index (κ3) is 8.03. The van der Waals surface area contributed by atoms with E-state index in [0.29, 0.717) is 6.04 Å². The highest BCUT2D eigenvalue weighted by Gasteiger charge is 2.39. The summed E-state index contributed by atoms with van der Waals surface area (Å²) in [6, 6.07) is 0.736. The van der Waals surface area contributed by atoms with Gasteiger partial charge < -0.3 is 36.7 Å². The number of nitrogens with two attached hydrogens (primary N) is 2. The number of hydrogen-bond donors (Lipinski definition) is 5. The van der Waals surface area contributed by atoms with E-state index in [0.717, 1.165) is 113 Å². The third-order valence-corrected chi connectivity index (χ3v) is 8.75. The molecule has 1 fully saturated rings. The Morgan fingerprint density at radius 3 is 2.46 bits per heavy atom. The van der Waals surface area contributed by atoms with Crippen LogP contribution in [0.5, 0.6) is 0 Å². The molecule has 4 atom stereocenters. The number of hydrogen-bond acceptors (Lipinski definition) is 7. The van der Waals surface area contributed by atoms with Crippen LogP contribution in [0.25, 0.3) is 0 Å². The van der Waals surface area contributed by atoms with Gasteiger partial charge in [-0.05, 0) is 108 Å². The van der Waals surface area contributed by atoms with Crippen LogP contribution in [0.3, 0.4) is 0 Å². The minimum Gasteiger partial charge on any atom is -0.466 e. The Labute approximate surface area is 234 Å². The highest BCUT2D eigenvalue weighted by molar-refractivity contribution is 5.22. The van der Waals surface area contributed by atoms with Gasteiger partial charge in [0.1, 0.15) is 17.7 Å². The standard InChI is InChI=1S/C32H48N4O3/c33-22-12-18-27(19-13-22)38-29-10-5-11-30(39-28-20-14-23(34)15-21-28)31(29)32(37)36-26-9-4-8-25(16-17-26)35-24-6-2-1-3-7-24/h1-2,6,9-10,12,18,23,25,28,30-32,35-37H,3-5,7-8,11,13-17,19-21,33-34H2. The van der Waals surface area contributed by atoms with E-state index in [-0.39, 0.29) is 24.2 Å². The van der Waals surface area contributed by atoms with E-state index in [1.54, 1.807) is 0 Å². The second kappa shape index (κ2) is 13.7. The van der Waals surface area contributed by atoms with Crippen molar-refractivity contribution in [3.05, 3.63) is 71.1 Å². The number of rotatable bonds is 9. The Hall–Kier alpha value is -2.48. The molecule has 4 unspecified atom stereocenters. The van der Waals surface area contributed by atoms with Gasteiger partial charge in [-0.25, -0.2) is 0 Å². The van der Waals surface area contributed by atoms with Crippen molar-refractivity contribution in [2.24, 2.45) is 17.4 Å². The average molecular weight is 537 g/mol. The maximum Gasteiger partial charge on any atom is 0.136 e. The van der Waals surface area contributed by atoms with E-state index in [2.05, 4.69) is 41.0 Å². The van der Waals surface area contributed by atoms with E-state index in [9.17, 15) is 5.11 Å². The average Bonchev–Trinajstić information content (AvgIpc) is 3.16. The molecule has 5 aliphatic rings. The van der Waals surface area contributed by atoms with Crippen LogP contribution in [0.4, 0.5) is 0 Å². The Morgan fingerprint density at radius 1 is 0.846 bits per heavy atom. The van der Waals surface area contributed by atoms with Crippen molar-refractivity contribution >= 4 is 0 Å². The Kier molecular flexibility index (Phi) is 9.88. The summed E-state index contributed by atoms with van der Waals surface area (Å²) in [5, 5.41) is 18.9. The highest BCUT2D eigenvalue weighted by atomic mass is 16.5. The van der Waals surface area contributed by atoms with Crippen LogP contribution >= 0.6 is 0 Å². The fourth-order valence-electron chi connectivity index (χ4n) is 6.43. The summed E-state index contributed by atoms with van der Waals surface area (Å²) in [7, 11) is 0. The van der Waals surface area contributed by atoms with Crippen molar-refractivity contribution in [3.8, 4) is 0 Å². The van der Waals surface area contributed by atoms with E-state index < -0.39 is 6.23 Å². The van der Waals surface area contributed by atoms with Gasteiger partial charge in [0, 0.05) is 35.6 Å². The van der Waals surface area contributed by atoms with Crippen LogP contribution in [-0.2, 0) is 9.47 Å². The second-order valence-electron chi connectivity index (χ2n) is 11.8. The van der Waals surface area contributed by atoms with Crippen molar-refractivity contribution in [1.29, 1.82) is 0 Å². The first-order valence-corrected chi connectivity index (χ1v) is 15.2. The molecule has 5 aliphatic carbocycles. The molecule has 7 nitrogen and oxygen atoms in total. The largest absolute Gasteiger partial charge is 0.466 e. The fourth-order valence-corrected chi connectivity index (χ4v) is 6.43. The Morgan fingerprint density at radius 2 is 1.69 bits per heavy atom. The topological polar surface area (TPSA) is 115 Å². The Balaban J connectivity index is 1.24. The van der Waals surface area contributed by atoms with Crippen molar-refractivity contribution in [1.82, 2.24) is 10.6 Å². The zero-order valence-corrected chi connectivity index (χ0v) is 23.3. The summed E-state index contributed by atoms with van der Waals surface area (Å²) in [4.78, 5) is 0. The monoisotopic (exact) mass is 536 g/mol. The van der Waals surface area contributed by atoms with Crippen LogP contribution < -0.4 is 22.1 Å². The summed E-state index contributed by atoms with van der Waals surface area (Å²) in [6.07, 6.45) is 27.7. The minimum atomic E-state index is -0.792. The molecule has 0 spiro atoms. The van der Waals surface area contributed by atoms with Crippen LogP contribution in [0.15, 0.2) is 71.1 Å². The van der Waals surface area contributed by atoms with Gasteiger partial charge in [-0.2, -0.15) is 0 Å². The summed E-state index contributed by atoms with van der Waals surface area (Å²) in [6.45, 7) is 0. The van der Waals surface area contributed by atoms with Gasteiger partial charge in [-0.15, -0.1) is 0 Å². The first-order chi connectivity index (χ1) is 19.0. The zero-order valence-electron chi connectivity index (χ0n) is 23.3. The maximum atomic E-state index is 11.7. The third-order valence-electron chi connectivity index (χ3n) is 8.75.